The van der Waals surface area contributed by atoms with Crippen molar-refractivity contribution in [2.45, 2.75) is 20.0 Å². The van der Waals surface area contributed by atoms with Crippen LogP contribution in [-0.4, -0.2) is 39.3 Å². The van der Waals surface area contributed by atoms with E-state index in [2.05, 4.69) is 31.0 Å². The van der Waals surface area contributed by atoms with Crippen LogP contribution < -0.4 is 20.7 Å². The van der Waals surface area contributed by atoms with Gasteiger partial charge in [0.2, 0.25) is 11.9 Å². The van der Waals surface area contributed by atoms with Gasteiger partial charge in [-0.25, -0.2) is 13.8 Å². The lowest BCUT2D eigenvalue weighted by molar-refractivity contribution is -0.121. The molecule has 2 aromatic heterocycles. The third-order valence-corrected chi connectivity index (χ3v) is 4.38. The molecule has 0 aliphatic carbocycles. The number of benzene rings is 1. The number of hydrogen-bond donors (Lipinski definition) is 3. The highest BCUT2D eigenvalue weighted by Gasteiger charge is 2.16. The van der Waals surface area contributed by atoms with Crippen LogP contribution in [-0.2, 0) is 17.9 Å². The van der Waals surface area contributed by atoms with Crippen molar-refractivity contribution in [2.24, 2.45) is 0 Å². The lowest BCUT2D eigenvalue weighted by atomic mass is 10.2. The van der Waals surface area contributed by atoms with Gasteiger partial charge in [-0.05, 0) is 19.1 Å². The lowest BCUT2D eigenvalue weighted by Crippen LogP contribution is -2.23. The van der Waals surface area contributed by atoms with Crippen LogP contribution in [0.25, 0.3) is 0 Å². The molecule has 1 amide bonds. The maximum Gasteiger partial charge on any atom is 0.241 e. The first-order valence-electron chi connectivity index (χ1n) is 9.27. The summed E-state index contributed by atoms with van der Waals surface area (Å²) in [6.07, 6.45) is 4.44. The van der Waals surface area contributed by atoms with Crippen LogP contribution >= 0.6 is 11.6 Å². The molecule has 1 aromatic carbocycles. The number of carbonyl (C=O) groups excluding carboxylic acids is 1. The molecular formula is C19H20ClF2N7O2. The highest BCUT2D eigenvalue weighted by atomic mass is 35.5. The average molecular weight is 452 g/mol. The first kappa shape index (κ1) is 22.2. The second kappa shape index (κ2) is 10.0. The van der Waals surface area contributed by atoms with Gasteiger partial charge in [0.05, 0.1) is 24.7 Å². The standard InChI is InChI=1S/C19H20ClF2N7O2/c1-3-31-15-5-4-14(21)12(17(15)22)7-24-18-13(20)8-25-19(28-18)27-11-6-26-29(9-11)10-16(30)23-2/h4-6,8-9H,3,7,10H2,1-2H3,(H,23,30)(H2,24,25,27,28). The van der Waals surface area contributed by atoms with Gasteiger partial charge in [-0.2, -0.15) is 10.1 Å². The first-order chi connectivity index (χ1) is 14.9. The van der Waals surface area contributed by atoms with Crippen molar-refractivity contribution in [1.29, 1.82) is 0 Å². The molecule has 0 aliphatic rings. The molecule has 0 saturated heterocycles. The molecule has 0 saturated carbocycles. The van der Waals surface area contributed by atoms with E-state index in [1.807, 2.05) is 0 Å². The van der Waals surface area contributed by atoms with Gasteiger partial charge in [0, 0.05) is 25.4 Å². The van der Waals surface area contributed by atoms with E-state index < -0.39 is 11.6 Å². The molecule has 31 heavy (non-hydrogen) atoms. The Morgan fingerprint density at radius 3 is 2.84 bits per heavy atom. The number of carbonyl (C=O) groups is 1. The number of nitrogens with one attached hydrogen (secondary N) is 3. The topological polar surface area (TPSA) is 106 Å². The number of likely N-dealkylation sites (N-methyl/N-ethyl adjacent to an activating group) is 1. The smallest absolute Gasteiger partial charge is 0.241 e. The number of aromatic nitrogens is 4. The molecule has 9 nitrogen and oxygen atoms in total. The Morgan fingerprint density at radius 1 is 1.29 bits per heavy atom. The number of rotatable bonds is 9. The van der Waals surface area contributed by atoms with Gasteiger partial charge in [-0.15, -0.1) is 0 Å². The quantitative estimate of drug-likeness (QED) is 0.459. The summed E-state index contributed by atoms with van der Waals surface area (Å²) in [5.74, 6) is -1.39. The van der Waals surface area contributed by atoms with E-state index in [1.165, 1.54) is 30.2 Å². The van der Waals surface area contributed by atoms with Gasteiger partial charge in [0.25, 0.3) is 0 Å². The Kier molecular flexibility index (Phi) is 7.19. The molecule has 164 valence electrons. The summed E-state index contributed by atoms with van der Waals surface area (Å²) in [7, 11) is 1.53. The Balaban J connectivity index is 1.72. The van der Waals surface area contributed by atoms with Crippen molar-refractivity contribution in [3.8, 4) is 5.75 Å². The van der Waals surface area contributed by atoms with Crippen molar-refractivity contribution in [3.63, 3.8) is 0 Å². The summed E-state index contributed by atoms with van der Waals surface area (Å²) in [4.78, 5) is 19.7. The molecule has 12 heteroatoms. The highest BCUT2D eigenvalue weighted by molar-refractivity contribution is 6.32. The molecular weight excluding hydrogens is 432 g/mol. The molecule has 0 unspecified atom stereocenters. The minimum absolute atomic E-state index is 0.0365. The minimum Gasteiger partial charge on any atom is -0.491 e. The molecule has 0 fully saturated rings. The molecule has 3 aromatic rings. The lowest BCUT2D eigenvalue weighted by Gasteiger charge is -2.12. The van der Waals surface area contributed by atoms with Gasteiger partial charge in [0.1, 0.15) is 17.4 Å². The van der Waals surface area contributed by atoms with Gasteiger partial charge in [-0.3, -0.25) is 9.48 Å². The molecule has 3 rings (SSSR count). The summed E-state index contributed by atoms with van der Waals surface area (Å²) in [5, 5.41) is 12.5. The van der Waals surface area contributed by atoms with Crippen molar-refractivity contribution < 1.29 is 18.3 Å². The average Bonchev–Trinajstić information content (AvgIpc) is 3.18. The van der Waals surface area contributed by atoms with Crippen molar-refractivity contribution in [1.82, 2.24) is 25.1 Å². The number of halogens is 3. The van der Waals surface area contributed by atoms with Gasteiger partial charge >= 0.3 is 0 Å². The van der Waals surface area contributed by atoms with Gasteiger partial charge in [-0.1, -0.05) is 11.6 Å². The van der Waals surface area contributed by atoms with Crippen LogP contribution in [0.15, 0.2) is 30.7 Å². The van der Waals surface area contributed by atoms with Crippen molar-refractivity contribution in [3.05, 3.63) is 52.9 Å². The Labute approximate surface area is 181 Å². The normalized spacial score (nSPS) is 10.6. The third-order valence-electron chi connectivity index (χ3n) is 4.10. The van der Waals surface area contributed by atoms with E-state index in [0.717, 1.165) is 6.07 Å². The molecule has 0 spiro atoms. The van der Waals surface area contributed by atoms with Crippen LogP contribution in [0.5, 0.6) is 5.75 Å². The maximum atomic E-state index is 14.5. The summed E-state index contributed by atoms with van der Waals surface area (Å²) < 4.78 is 35.2. The van der Waals surface area contributed by atoms with Crippen LogP contribution in [0.2, 0.25) is 5.02 Å². The maximum absolute atomic E-state index is 14.5. The monoisotopic (exact) mass is 451 g/mol. The zero-order chi connectivity index (χ0) is 22.4. The van der Waals surface area contributed by atoms with Gasteiger partial charge in [0.15, 0.2) is 17.4 Å². The van der Waals surface area contributed by atoms with Crippen LogP contribution in [0.4, 0.5) is 26.2 Å². The van der Waals surface area contributed by atoms with E-state index in [4.69, 9.17) is 16.3 Å². The Hall–Kier alpha value is -3.47. The van der Waals surface area contributed by atoms with Gasteiger partial charge < -0.3 is 20.7 Å². The zero-order valence-electron chi connectivity index (χ0n) is 16.7. The van der Waals surface area contributed by atoms with E-state index in [9.17, 15) is 13.6 Å². The predicted molar refractivity (Wildman–Crippen MR) is 111 cm³/mol. The summed E-state index contributed by atoms with van der Waals surface area (Å²) in [5.41, 5.74) is 0.337. The van der Waals surface area contributed by atoms with Crippen LogP contribution in [0.1, 0.15) is 12.5 Å². The molecule has 0 radical (unpaired) electrons. The third kappa shape index (κ3) is 5.57. The summed E-state index contributed by atoms with van der Waals surface area (Å²) in [6, 6.07) is 2.37. The fraction of sp³-hybridized carbons (Fsp3) is 0.263. The SMILES string of the molecule is CCOc1ccc(F)c(CNc2nc(Nc3cnn(CC(=O)NC)c3)ncc2Cl)c1F. The number of amides is 1. The number of hydrogen-bond acceptors (Lipinski definition) is 7. The molecule has 0 aliphatic heterocycles. The van der Waals surface area contributed by atoms with E-state index in [1.54, 1.807) is 13.1 Å². The molecule has 0 atom stereocenters. The highest BCUT2D eigenvalue weighted by Crippen LogP contribution is 2.26. The Morgan fingerprint density at radius 2 is 2.10 bits per heavy atom. The molecule has 3 N–H and O–H groups in total. The van der Waals surface area contributed by atoms with Crippen molar-refractivity contribution >= 4 is 35.0 Å². The molecule has 0 bridgehead atoms. The van der Waals surface area contributed by atoms with E-state index >= 15 is 0 Å². The van der Waals surface area contributed by atoms with Crippen molar-refractivity contribution in [2.75, 3.05) is 24.3 Å². The number of nitrogens with zero attached hydrogens (tertiary/aromatic N) is 4. The largest absolute Gasteiger partial charge is 0.491 e. The Bertz CT molecular complexity index is 1080. The number of ether oxygens (including phenoxy) is 1. The fourth-order valence-corrected chi connectivity index (χ4v) is 2.76. The summed E-state index contributed by atoms with van der Waals surface area (Å²) in [6.45, 7) is 1.81. The van der Waals surface area contributed by atoms with Crippen LogP contribution in [0, 0.1) is 11.6 Å². The minimum atomic E-state index is -0.790. The molecule has 2 heterocycles. The predicted octanol–water partition coefficient (Wildman–Crippen LogP) is 3.11. The number of anilines is 3. The zero-order valence-corrected chi connectivity index (χ0v) is 17.5. The van der Waals surface area contributed by atoms with E-state index in [0.29, 0.717) is 5.69 Å². The van der Waals surface area contributed by atoms with E-state index in [-0.39, 0.29) is 53.7 Å². The second-order valence-electron chi connectivity index (χ2n) is 6.24. The van der Waals surface area contributed by atoms with Crippen LogP contribution in [0.3, 0.4) is 0 Å². The second-order valence-corrected chi connectivity index (χ2v) is 6.65. The first-order valence-corrected chi connectivity index (χ1v) is 9.65. The summed E-state index contributed by atoms with van der Waals surface area (Å²) >= 11 is 6.12. The fourth-order valence-electron chi connectivity index (χ4n) is 2.60.